The lowest BCUT2D eigenvalue weighted by Gasteiger charge is -2.25. The van der Waals surface area contributed by atoms with Crippen molar-refractivity contribution >= 4 is 22.5 Å². The smallest absolute Gasteiger partial charge is 0.155 e. The number of anilines is 2. The number of aromatic hydroxyl groups is 1. The van der Waals surface area contributed by atoms with Crippen molar-refractivity contribution in [3.05, 3.63) is 84.3 Å². The van der Waals surface area contributed by atoms with Gasteiger partial charge in [0.2, 0.25) is 0 Å². The maximum atomic E-state index is 10.4. The van der Waals surface area contributed by atoms with Crippen LogP contribution in [0, 0.1) is 6.92 Å². The molecular formula is C21H18N4O. The first-order valence-corrected chi connectivity index (χ1v) is 8.41. The molecule has 0 bridgehead atoms. The van der Waals surface area contributed by atoms with E-state index in [9.17, 15) is 5.11 Å². The van der Waals surface area contributed by atoms with E-state index in [1.165, 1.54) is 0 Å². The summed E-state index contributed by atoms with van der Waals surface area (Å²) in [7, 11) is 0. The number of para-hydroxylation sites is 4. The van der Waals surface area contributed by atoms with Gasteiger partial charge in [0.1, 0.15) is 5.75 Å². The minimum atomic E-state index is 0.192. The second-order valence-electron chi connectivity index (χ2n) is 6.02. The fourth-order valence-electron chi connectivity index (χ4n) is 2.95. The number of phenols is 1. The molecule has 0 saturated carbocycles. The van der Waals surface area contributed by atoms with Gasteiger partial charge in [-0.25, -0.2) is 9.97 Å². The van der Waals surface area contributed by atoms with Gasteiger partial charge in [-0.05, 0) is 43.3 Å². The van der Waals surface area contributed by atoms with Gasteiger partial charge in [-0.15, -0.1) is 0 Å². The van der Waals surface area contributed by atoms with E-state index < -0.39 is 0 Å². The first-order chi connectivity index (χ1) is 12.7. The molecule has 4 aromatic rings. The first kappa shape index (κ1) is 16.0. The molecule has 1 N–H and O–H groups in total. The summed E-state index contributed by atoms with van der Waals surface area (Å²) in [6.45, 7) is 2.41. The summed E-state index contributed by atoms with van der Waals surface area (Å²) in [4.78, 5) is 15.9. The van der Waals surface area contributed by atoms with E-state index in [1.54, 1.807) is 18.3 Å². The van der Waals surface area contributed by atoms with Crippen LogP contribution in [-0.4, -0.2) is 20.1 Å². The number of nitrogens with zero attached hydrogens (tertiary/aromatic N) is 4. The number of aromatic nitrogens is 3. The van der Waals surface area contributed by atoms with Gasteiger partial charge in [0, 0.05) is 6.20 Å². The monoisotopic (exact) mass is 342 g/mol. The van der Waals surface area contributed by atoms with Crippen LogP contribution in [-0.2, 0) is 6.54 Å². The molecule has 0 fully saturated rings. The van der Waals surface area contributed by atoms with Crippen LogP contribution >= 0.6 is 0 Å². The molecule has 2 aromatic heterocycles. The lowest BCUT2D eigenvalue weighted by atomic mass is 10.2. The quantitative estimate of drug-likeness (QED) is 0.596. The average Bonchev–Trinajstić information content (AvgIpc) is 2.67. The molecule has 4 rings (SSSR count). The summed E-state index contributed by atoms with van der Waals surface area (Å²) in [6.07, 6.45) is 1.76. The van der Waals surface area contributed by atoms with Crippen molar-refractivity contribution in [3.8, 4) is 5.75 Å². The topological polar surface area (TPSA) is 62.1 Å². The number of benzene rings is 2. The van der Waals surface area contributed by atoms with Gasteiger partial charge in [-0.3, -0.25) is 4.98 Å². The number of aryl methyl sites for hydroxylation is 1. The zero-order valence-electron chi connectivity index (χ0n) is 14.4. The average molecular weight is 342 g/mol. The molecule has 26 heavy (non-hydrogen) atoms. The molecule has 0 aliphatic carbocycles. The maximum absolute atomic E-state index is 10.4. The van der Waals surface area contributed by atoms with Crippen LogP contribution in [0.15, 0.2) is 72.9 Å². The van der Waals surface area contributed by atoms with Gasteiger partial charge in [0.15, 0.2) is 5.82 Å². The molecule has 0 saturated heterocycles. The lowest BCUT2D eigenvalue weighted by molar-refractivity contribution is 0.475. The summed E-state index contributed by atoms with van der Waals surface area (Å²) in [5.74, 6) is 0.897. The summed E-state index contributed by atoms with van der Waals surface area (Å²) < 4.78 is 0. The normalized spacial score (nSPS) is 10.8. The Labute approximate surface area is 151 Å². The van der Waals surface area contributed by atoms with E-state index in [4.69, 9.17) is 4.98 Å². The highest BCUT2D eigenvalue weighted by molar-refractivity contribution is 5.78. The fraction of sp³-hybridized carbons (Fsp3) is 0.0952. The highest BCUT2D eigenvalue weighted by atomic mass is 16.3. The SMILES string of the molecule is Cc1nc2ccccc2nc1N(Cc1ccccn1)c1ccccc1O. The Bertz CT molecular complexity index is 1050. The zero-order valence-corrected chi connectivity index (χ0v) is 14.4. The van der Waals surface area contributed by atoms with Crippen LogP contribution in [0.25, 0.3) is 11.0 Å². The number of fused-ring (bicyclic) bond motifs is 1. The molecule has 128 valence electrons. The Morgan fingerprint density at radius 3 is 2.27 bits per heavy atom. The van der Waals surface area contributed by atoms with Crippen LogP contribution in [0.5, 0.6) is 5.75 Å². The molecule has 2 aromatic carbocycles. The predicted octanol–water partition coefficient (Wildman–Crippen LogP) is 4.38. The molecule has 0 atom stereocenters. The summed E-state index contributed by atoms with van der Waals surface area (Å²) >= 11 is 0. The molecule has 0 unspecified atom stereocenters. The summed E-state index contributed by atoms with van der Waals surface area (Å²) in [5.41, 5.74) is 4.01. The van der Waals surface area contributed by atoms with Crippen LogP contribution < -0.4 is 4.90 Å². The molecule has 0 spiro atoms. The second kappa shape index (κ2) is 6.80. The first-order valence-electron chi connectivity index (χ1n) is 8.41. The van der Waals surface area contributed by atoms with E-state index in [-0.39, 0.29) is 5.75 Å². The van der Waals surface area contributed by atoms with Crippen LogP contribution in [0.4, 0.5) is 11.5 Å². The minimum absolute atomic E-state index is 0.192. The fourth-order valence-corrected chi connectivity index (χ4v) is 2.95. The Hall–Kier alpha value is -3.47. The molecule has 0 amide bonds. The van der Waals surface area contributed by atoms with Gasteiger partial charge in [0.05, 0.1) is 34.7 Å². The third-order valence-electron chi connectivity index (χ3n) is 4.19. The predicted molar refractivity (Wildman–Crippen MR) is 102 cm³/mol. The largest absolute Gasteiger partial charge is 0.506 e. The lowest BCUT2D eigenvalue weighted by Crippen LogP contribution is -2.20. The van der Waals surface area contributed by atoms with Crippen molar-refractivity contribution in [2.75, 3.05) is 4.90 Å². The van der Waals surface area contributed by atoms with Crippen molar-refractivity contribution < 1.29 is 5.11 Å². The second-order valence-corrected chi connectivity index (χ2v) is 6.02. The van der Waals surface area contributed by atoms with Crippen LogP contribution in [0.2, 0.25) is 0 Å². The van der Waals surface area contributed by atoms with Gasteiger partial charge in [-0.1, -0.05) is 30.3 Å². The van der Waals surface area contributed by atoms with E-state index >= 15 is 0 Å². The van der Waals surface area contributed by atoms with Crippen molar-refractivity contribution in [1.82, 2.24) is 15.0 Å². The van der Waals surface area contributed by atoms with Gasteiger partial charge < -0.3 is 10.0 Å². The Kier molecular flexibility index (Phi) is 4.19. The van der Waals surface area contributed by atoms with E-state index in [2.05, 4.69) is 9.97 Å². The minimum Gasteiger partial charge on any atom is -0.506 e. The number of hydrogen-bond donors (Lipinski definition) is 1. The van der Waals surface area contributed by atoms with Crippen molar-refractivity contribution in [3.63, 3.8) is 0 Å². The zero-order chi connectivity index (χ0) is 17.9. The highest BCUT2D eigenvalue weighted by Gasteiger charge is 2.19. The Balaban J connectivity index is 1.88. The molecule has 0 aliphatic rings. The van der Waals surface area contributed by atoms with Gasteiger partial charge >= 0.3 is 0 Å². The molecule has 0 aliphatic heterocycles. The standard InChI is InChI=1S/C21H18N4O/c1-15-21(24-18-10-3-2-9-17(18)23-15)25(14-16-8-6-7-13-22-16)19-11-4-5-12-20(19)26/h2-13,26H,14H2,1H3. The summed E-state index contributed by atoms with van der Waals surface area (Å²) in [6, 6.07) is 20.8. The summed E-state index contributed by atoms with van der Waals surface area (Å²) in [5, 5.41) is 10.4. The van der Waals surface area contributed by atoms with Gasteiger partial charge in [0.25, 0.3) is 0 Å². The number of rotatable bonds is 4. The number of phenolic OH excluding ortho intramolecular Hbond substituents is 1. The number of pyridine rings is 1. The highest BCUT2D eigenvalue weighted by Crippen LogP contribution is 2.34. The molecule has 5 nitrogen and oxygen atoms in total. The molecular weight excluding hydrogens is 324 g/mol. The van der Waals surface area contributed by atoms with Crippen LogP contribution in [0.1, 0.15) is 11.4 Å². The van der Waals surface area contributed by atoms with Crippen molar-refractivity contribution in [2.24, 2.45) is 0 Å². The van der Waals surface area contributed by atoms with E-state index in [0.717, 1.165) is 22.4 Å². The van der Waals surface area contributed by atoms with Crippen molar-refractivity contribution in [2.45, 2.75) is 13.5 Å². The van der Waals surface area contributed by atoms with Crippen LogP contribution in [0.3, 0.4) is 0 Å². The molecule has 5 heteroatoms. The number of hydrogen-bond acceptors (Lipinski definition) is 5. The maximum Gasteiger partial charge on any atom is 0.155 e. The van der Waals surface area contributed by atoms with E-state index in [1.807, 2.05) is 66.4 Å². The Morgan fingerprint density at radius 2 is 1.54 bits per heavy atom. The molecule has 0 radical (unpaired) electrons. The van der Waals surface area contributed by atoms with E-state index in [0.29, 0.717) is 18.1 Å². The molecule has 2 heterocycles. The van der Waals surface area contributed by atoms with Crippen molar-refractivity contribution in [1.29, 1.82) is 0 Å². The third-order valence-corrected chi connectivity index (χ3v) is 4.19. The Morgan fingerprint density at radius 1 is 0.846 bits per heavy atom. The third kappa shape index (κ3) is 3.07. The van der Waals surface area contributed by atoms with Gasteiger partial charge in [-0.2, -0.15) is 0 Å².